The number of nitrogens with one attached hydrogen (secondary N) is 1. The molecular weight excluding hydrogens is 262 g/mol. The van der Waals surface area contributed by atoms with Crippen LogP contribution in [0.4, 0.5) is 0 Å². The first kappa shape index (κ1) is 12.1. The Labute approximate surface area is 116 Å². The van der Waals surface area contributed by atoms with Crippen LogP contribution in [0.2, 0.25) is 0 Å². The van der Waals surface area contributed by atoms with E-state index in [2.05, 4.69) is 9.88 Å². The van der Waals surface area contributed by atoms with Gasteiger partial charge in [0.05, 0.1) is 0 Å². The van der Waals surface area contributed by atoms with Gasteiger partial charge >= 0.3 is 11.3 Å². The summed E-state index contributed by atoms with van der Waals surface area (Å²) in [7, 11) is 0. The maximum absolute atomic E-state index is 11.2. The average molecular weight is 283 g/mol. The zero-order valence-corrected chi connectivity index (χ0v) is 11.8. The molecule has 106 valence electrons. The molecule has 5 aliphatic rings. The van der Waals surface area contributed by atoms with Gasteiger partial charge < -0.3 is 5.73 Å². The number of hydrogen-bond donors (Lipinski definition) is 2. The van der Waals surface area contributed by atoms with E-state index in [1.165, 1.54) is 32.1 Å². The second-order valence-electron chi connectivity index (χ2n) is 6.87. The lowest BCUT2D eigenvalue weighted by Gasteiger charge is -2.61. The number of amidine groups is 1. The fraction of sp³-hybridized carbons (Fsp3) is 0.923. The summed E-state index contributed by atoms with van der Waals surface area (Å²) < 4.78 is 18.8. The summed E-state index contributed by atoms with van der Waals surface area (Å²) in [6.07, 6.45) is 7.59. The van der Waals surface area contributed by atoms with Gasteiger partial charge in [0, 0.05) is 6.42 Å². The number of nitrogens with two attached hydrogens (primary N) is 1. The Bertz CT molecular complexity index is 423. The van der Waals surface area contributed by atoms with Crippen LogP contribution in [0.5, 0.6) is 0 Å². The third-order valence-corrected chi connectivity index (χ3v) is 6.67. The van der Waals surface area contributed by atoms with Crippen molar-refractivity contribution in [1.82, 2.24) is 4.72 Å². The fourth-order valence-corrected chi connectivity index (χ4v) is 5.91. The quantitative estimate of drug-likeness (QED) is 0.819. The van der Waals surface area contributed by atoms with Crippen molar-refractivity contribution in [3.63, 3.8) is 0 Å². The Morgan fingerprint density at radius 3 is 2.37 bits per heavy atom. The van der Waals surface area contributed by atoms with Crippen molar-refractivity contribution in [3.8, 4) is 0 Å². The first-order chi connectivity index (χ1) is 9.19. The molecule has 4 aliphatic carbocycles. The number of oxime groups is 1. The Morgan fingerprint density at radius 1 is 1.26 bits per heavy atom. The molecule has 4 fully saturated rings. The highest BCUT2D eigenvalue weighted by Crippen LogP contribution is 2.63. The Hall–Kier alpha value is -0.620. The van der Waals surface area contributed by atoms with Gasteiger partial charge in [-0.3, -0.25) is 9.01 Å². The largest absolute Gasteiger partial charge is 0.338 e. The maximum Gasteiger partial charge on any atom is 0.338 e. The van der Waals surface area contributed by atoms with Gasteiger partial charge in [0.2, 0.25) is 0 Å². The minimum absolute atomic E-state index is 0.164. The van der Waals surface area contributed by atoms with Gasteiger partial charge in [-0.2, -0.15) is 4.21 Å². The van der Waals surface area contributed by atoms with E-state index in [0.29, 0.717) is 0 Å². The van der Waals surface area contributed by atoms with Crippen LogP contribution in [-0.2, 0) is 15.6 Å². The summed E-state index contributed by atoms with van der Waals surface area (Å²) >= 11 is -1.48. The Kier molecular flexibility index (Phi) is 2.68. The highest BCUT2D eigenvalue weighted by molar-refractivity contribution is 7.79. The third kappa shape index (κ3) is 1.76. The molecule has 5 rings (SSSR count). The van der Waals surface area contributed by atoms with E-state index in [0.717, 1.165) is 42.5 Å². The lowest BCUT2D eigenvalue weighted by Crippen LogP contribution is -2.57. The SMILES string of the molecule is NCC1(CC2=NOS(=O)N2)C2CC3CC(C2)CC1C3. The van der Waals surface area contributed by atoms with Crippen LogP contribution in [0.15, 0.2) is 5.16 Å². The van der Waals surface area contributed by atoms with Gasteiger partial charge in [-0.25, -0.2) is 0 Å². The molecule has 1 heterocycles. The summed E-state index contributed by atoms with van der Waals surface area (Å²) in [5, 5.41) is 3.91. The second kappa shape index (κ2) is 4.19. The van der Waals surface area contributed by atoms with Gasteiger partial charge in [0.1, 0.15) is 0 Å². The number of rotatable bonds is 3. The van der Waals surface area contributed by atoms with Gasteiger partial charge in [-0.15, -0.1) is 0 Å². The number of nitrogens with zero attached hydrogens (tertiary/aromatic N) is 1. The van der Waals surface area contributed by atoms with Crippen LogP contribution >= 0.6 is 0 Å². The molecule has 1 unspecified atom stereocenters. The third-order valence-electron chi connectivity index (χ3n) is 6.06. The van der Waals surface area contributed by atoms with Crippen molar-refractivity contribution in [2.45, 2.75) is 38.5 Å². The van der Waals surface area contributed by atoms with Crippen LogP contribution in [0.25, 0.3) is 0 Å². The zero-order valence-electron chi connectivity index (χ0n) is 11.0. The molecule has 4 saturated carbocycles. The summed E-state index contributed by atoms with van der Waals surface area (Å²) in [6.45, 7) is 0.717. The number of hydrogen-bond acceptors (Lipinski definition) is 4. The molecule has 0 aromatic rings. The maximum atomic E-state index is 11.2. The zero-order chi connectivity index (χ0) is 13.0. The van der Waals surface area contributed by atoms with Crippen LogP contribution in [0.1, 0.15) is 38.5 Å². The highest BCUT2D eigenvalue weighted by Gasteiger charge is 2.56. The van der Waals surface area contributed by atoms with Gasteiger partial charge in [0.15, 0.2) is 5.84 Å². The molecule has 0 aromatic heterocycles. The van der Waals surface area contributed by atoms with E-state index in [1.54, 1.807) is 0 Å². The molecule has 3 N–H and O–H groups in total. The minimum atomic E-state index is -1.48. The minimum Gasteiger partial charge on any atom is -0.330 e. The molecule has 4 bridgehead atoms. The van der Waals surface area contributed by atoms with Crippen LogP contribution in [-0.4, -0.2) is 16.6 Å². The molecule has 0 radical (unpaired) electrons. The summed E-state index contributed by atoms with van der Waals surface area (Å²) in [5.74, 6) is 4.06. The molecule has 1 atom stereocenters. The van der Waals surface area contributed by atoms with E-state index in [9.17, 15) is 4.21 Å². The smallest absolute Gasteiger partial charge is 0.330 e. The molecule has 1 aliphatic heterocycles. The van der Waals surface area contributed by atoms with Gasteiger partial charge in [-0.05, 0) is 67.7 Å². The molecule has 0 spiro atoms. The lowest BCUT2D eigenvalue weighted by atomic mass is 9.44. The van der Waals surface area contributed by atoms with E-state index in [1.807, 2.05) is 0 Å². The molecule has 0 amide bonds. The van der Waals surface area contributed by atoms with E-state index >= 15 is 0 Å². The van der Waals surface area contributed by atoms with Crippen LogP contribution < -0.4 is 10.5 Å². The standard InChI is InChI=1S/C13H21N3O2S/c14-7-13(6-12-15-18-19(17)16-12)10-2-8-1-9(4-10)5-11(13)3-8/h8-11H,1-7,14H2,(H,15,16). The monoisotopic (exact) mass is 283 g/mol. The van der Waals surface area contributed by atoms with Crippen molar-refractivity contribution in [3.05, 3.63) is 0 Å². The predicted octanol–water partition coefficient (Wildman–Crippen LogP) is 1.29. The average Bonchev–Trinajstić information content (AvgIpc) is 2.78. The lowest BCUT2D eigenvalue weighted by molar-refractivity contribution is -0.0996. The van der Waals surface area contributed by atoms with Crippen LogP contribution in [0.3, 0.4) is 0 Å². The molecule has 6 heteroatoms. The Balaban J connectivity index is 1.61. The van der Waals surface area contributed by atoms with Gasteiger partial charge in [0.25, 0.3) is 0 Å². The molecule has 0 saturated heterocycles. The highest BCUT2D eigenvalue weighted by atomic mass is 32.2. The summed E-state index contributed by atoms with van der Waals surface area (Å²) in [4.78, 5) is 0. The molecule has 0 aromatic carbocycles. The van der Waals surface area contributed by atoms with Crippen LogP contribution in [0, 0.1) is 29.1 Å². The molecule has 19 heavy (non-hydrogen) atoms. The summed E-state index contributed by atoms with van der Waals surface area (Å²) in [6, 6.07) is 0. The topological polar surface area (TPSA) is 76.7 Å². The second-order valence-corrected chi connectivity index (χ2v) is 7.69. The van der Waals surface area contributed by atoms with Crippen molar-refractivity contribution in [2.24, 2.45) is 40.0 Å². The van der Waals surface area contributed by atoms with Crippen molar-refractivity contribution < 1.29 is 8.49 Å². The molecule has 5 nitrogen and oxygen atoms in total. The van der Waals surface area contributed by atoms with E-state index in [4.69, 9.17) is 10.0 Å². The predicted molar refractivity (Wildman–Crippen MR) is 72.9 cm³/mol. The van der Waals surface area contributed by atoms with Gasteiger partial charge in [-0.1, -0.05) is 5.16 Å². The van der Waals surface area contributed by atoms with Crippen molar-refractivity contribution in [1.29, 1.82) is 0 Å². The Morgan fingerprint density at radius 2 is 1.89 bits per heavy atom. The molecular formula is C13H21N3O2S. The fourth-order valence-electron chi connectivity index (χ4n) is 5.41. The van der Waals surface area contributed by atoms with Crippen molar-refractivity contribution in [2.75, 3.05) is 6.54 Å². The van der Waals surface area contributed by atoms with E-state index < -0.39 is 11.3 Å². The first-order valence-corrected chi connectivity index (χ1v) is 8.40. The summed E-state index contributed by atoms with van der Waals surface area (Å²) in [5.41, 5.74) is 6.37. The normalized spacial score (nSPS) is 50.8. The van der Waals surface area contributed by atoms with Crippen molar-refractivity contribution >= 4 is 17.1 Å². The van der Waals surface area contributed by atoms with E-state index in [-0.39, 0.29) is 5.41 Å². The first-order valence-electron chi connectivity index (χ1n) is 7.32.